The number of ether oxygens (including phenoxy) is 3. The number of halogens is 3. The highest BCUT2D eigenvalue weighted by Crippen LogP contribution is 2.27. The van der Waals surface area contributed by atoms with Crippen LogP contribution in [0.1, 0.15) is 18.6 Å². The maximum atomic E-state index is 12.8. The van der Waals surface area contributed by atoms with Crippen LogP contribution in [0.2, 0.25) is 0 Å². The second-order valence-electron chi connectivity index (χ2n) is 7.72. The van der Waals surface area contributed by atoms with Gasteiger partial charge in [-0.1, -0.05) is 29.4 Å². The molecule has 0 fully saturated rings. The lowest BCUT2D eigenvalue weighted by Gasteiger charge is -2.10. The van der Waals surface area contributed by atoms with Gasteiger partial charge in [-0.05, 0) is 42.8 Å². The number of hydrogen-bond donors (Lipinski definition) is 2. The van der Waals surface area contributed by atoms with Gasteiger partial charge in [0.05, 0.1) is 12.8 Å². The van der Waals surface area contributed by atoms with Crippen molar-refractivity contribution < 1.29 is 41.3 Å². The Bertz CT molecular complexity index is 1390. The molecule has 4 aromatic rings. The summed E-state index contributed by atoms with van der Waals surface area (Å²) in [7, 11) is 0. The third kappa shape index (κ3) is 6.90. The van der Waals surface area contributed by atoms with E-state index in [0.717, 1.165) is 4.57 Å². The molecule has 0 aliphatic rings. The lowest BCUT2D eigenvalue weighted by molar-refractivity contribution is -0.556. The Hall–Kier alpha value is -4.81. The Labute approximate surface area is 214 Å². The van der Waals surface area contributed by atoms with Crippen molar-refractivity contribution in [3.8, 4) is 28.4 Å². The molecule has 0 aliphatic heterocycles. The van der Waals surface area contributed by atoms with E-state index in [2.05, 4.69) is 20.2 Å². The fourth-order valence-corrected chi connectivity index (χ4v) is 3.35. The van der Waals surface area contributed by atoms with Crippen LogP contribution >= 0.6 is 0 Å². The number of para-hydroxylation sites is 2. The number of nitrogens with zero attached hydrogens (tertiary/aromatic N) is 3. The summed E-state index contributed by atoms with van der Waals surface area (Å²) in [5.41, 5.74) is 7.04. The molecule has 2 aromatic carbocycles. The number of carbonyl (C=O) groups is 1. The van der Waals surface area contributed by atoms with Gasteiger partial charge in [0.2, 0.25) is 11.6 Å². The van der Waals surface area contributed by atoms with E-state index in [-0.39, 0.29) is 36.4 Å². The molecule has 13 heteroatoms. The standard InChI is InChI=1S/C25H22F3N5O5/c1-2-35-19-5-3-4-6-20(19)36-15-23-31-22(32-38-23)13-30-24(34)33-14-17(9-12-21(33)29)16-7-10-18(11-8-16)37-25(26,27)28/h3-12,14,29H,2,13,15H2,1H3,(H,30,34)/p+1. The second-order valence-corrected chi connectivity index (χ2v) is 7.72. The third-order valence-corrected chi connectivity index (χ3v) is 5.03. The van der Waals surface area contributed by atoms with Gasteiger partial charge in [0, 0.05) is 11.6 Å². The zero-order valence-corrected chi connectivity index (χ0v) is 20.1. The number of anilines is 1. The van der Waals surface area contributed by atoms with Gasteiger partial charge in [0.25, 0.3) is 5.89 Å². The van der Waals surface area contributed by atoms with Crippen LogP contribution < -0.4 is 29.8 Å². The van der Waals surface area contributed by atoms with Crippen LogP contribution in [0.25, 0.3) is 11.1 Å². The monoisotopic (exact) mass is 530 g/mol. The number of carbonyl (C=O) groups excluding carboxylic acids is 1. The number of aromatic nitrogens is 3. The van der Waals surface area contributed by atoms with Crippen LogP contribution in [0.5, 0.6) is 17.2 Å². The van der Waals surface area contributed by atoms with Crippen LogP contribution in [0.3, 0.4) is 0 Å². The number of rotatable bonds is 9. The zero-order valence-electron chi connectivity index (χ0n) is 20.1. The van der Waals surface area contributed by atoms with Crippen LogP contribution in [0.15, 0.2) is 71.4 Å². The lowest BCUT2D eigenvalue weighted by Crippen LogP contribution is -2.51. The predicted molar refractivity (Wildman–Crippen MR) is 127 cm³/mol. The molecule has 2 heterocycles. The van der Waals surface area contributed by atoms with Gasteiger partial charge < -0.3 is 24.5 Å². The fraction of sp³-hybridized carbons (Fsp3) is 0.200. The molecule has 0 unspecified atom stereocenters. The first-order valence-electron chi connectivity index (χ1n) is 11.3. The van der Waals surface area contributed by atoms with Gasteiger partial charge in [-0.15, -0.1) is 13.2 Å². The van der Waals surface area contributed by atoms with Crippen molar-refractivity contribution in [3.05, 3.63) is 78.6 Å². The Morgan fingerprint density at radius 2 is 1.71 bits per heavy atom. The van der Waals surface area contributed by atoms with Crippen molar-refractivity contribution in [1.29, 1.82) is 0 Å². The number of pyridine rings is 1. The molecule has 0 bridgehead atoms. The summed E-state index contributed by atoms with van der Waals surface area (Å²) in [5, 5.41) is 6.47. The fourth-order valence-electron chi connectivity index (χ4n) is 3.35. The molecule has 0 radical (unpaired) electrons. The molecule has 0 saturated heterocycles. The average molecular weight is 530 g/mol. The molecular formula is C25H23F3N5O5+. The largest absolute Gasteiger partial charge is 0.573 e. The molecule has 38 heavy (non-hydrogen) atoms. The summed E-state index contributed by atoms with van der Waals surface area (Å²) in [6.07, 6.45) is -3.33. The molecule has 198 valence electrons. The van der Waals surface area contributed by atoms with Crippen molar-refractivity contribution in [2.75, 3.05) is 12.3 Å². The van der Waals surface area contributed by atoms with Gasteiger partial charge in [0.15, 0.2) is 18.1 Å². The highest BCUT2D eigenvalue weighted by Gasteiger charge is 2.31. The van der Waals surface area contributed by atoms with Crippen LogP contribution in [0, 0.1) is 0 Å². The number of benzene rings is 2. The van der Waals surface area contributed by atoms with Crippen LogP contribution in [0.4, 0.5) is 23.8 Å². The van der Waals surface area contributed by atoms with Gasteiger partial charge in [-0.25, -0.2) is 4.79 Å². The highest BCUT2D eigenvalue weighted by atomic mass is 19.4. The smallest absolute Gasteiger partial charge is 0.490 e. The Morgan fingerprint density at radius 3 is 2.39 bits per heavy atom. The number of nitrogens with two attached hydrogens (primary N) is 1. The summed E-state index contributed by atoms with van der Waals surface area (Å²) in [6, 6.07) is 15.0. The van der Waals surface area contributed by atoms with E-state index in [4.69, 9.17) is 19.7 Å². The van der Waals surface area contributed by atoms with Gasteiger partial charge in [-0.3, -0.25) is 5.32 Å². The first-order chi connectivity index (χ1) is 18.2. The molecule has 0 saturated carbocycles. The molecule has 0 spiro atoms. The first-order valence-corrected chi connectivity index (χ1v) is 11.3. The second kappa shape index (κ2) is 11.5. The van der Waals surface area contributed by atoms with Crippen molar-refractivity contribution in [3.63, 3.8) is 0 Å². The quantitative estimate of drug-likeness (QED) is 0.308. The number of amides is 1. The summed E-state index contributed by atoms with van der Waals surface area (Å²) < 4.78 is 58.6. The van der Waals surface area contributed by atoms with E-state index in [0.29, 0.717) is 29.2 Å². The van der Waals surface area contributed by atoms with Crippen LogP contribution in [-0.2, 0) is 13.2 Å². The summed E-state index contributed by atoms with van der Waals surface area (Å²) >= 11 is 0. The molecule has 2 aromatic heterocycles. The molecule has 1 amide bonds. The van der Waals surface area contributed by atoms with E-state index in [1.807, 2.05) is 19.1 Å². The molecule has 0 aliphatic carbocycles. The minimum absolute atomic E-state index is 0.00157. The van der Waals surface area contributed by atoms with E-state index in [9.17, 15) is 18.0 Å². The number of nitrogens with one attached hydrogen (secondary N) is 1. The summed E-state index contributed by atoms with van der Waals surface area (Å²) in [4.78, 5) is 16.9. The SMILES string of the molecule is CCOc1ccccc1OCc1nc(CNC(=O)[n+]2cc(-c3ccc(OC(F)(F)F)cc3)ccc2N)no1. The maximum absolute atomic E-state index is 12.8. The van der Waals surface area contributed by atoms with Crippen molar-refractivity contribution in [2.45, 2.75) is 26.4 Å². The molecule has 4 rings (SSSR count). The predicted octanol–water partition coefficient (Wildman–Crippen LogP) is 4.24. The third-order valence-electron chi connectivity index (χ3n) is 5.03. The lowest BCUT2D eigenvalue weighted by atomic mass is 10.1. The Balaban J connectivity index is 1.36. The van der Waals surface area contributed by atoms with E-state index in [1.165, 1.54) is 36.5 Å². The van der Waals surface area contributed by atoms with Crippen molar-refractivity contribution in [1.82, 2.24) is 15.5 Å². The maximum Gasteiger partial charge on any atom is 0.573 e. The molecule has 10 nitrogen and oxygen atoms in total. The Kier molecular flexibility index (Phi) is 7.94. The Morgan fingerprint density at radius 1 is 1.03 bits per heavy atom. The normalized spacial score (nSPS) is 11.2. The molecular weight excluding hydrogens is 507 g/mol. The van der Waals surface area contributed by atoms with Gasteiger partial charge >= 0.3 is 12.4 Å². The first kappa shape index (κ1) is 26.3. The number of nitrogen functional groups attached to an aromatic ring is 1. The number of alkyl halides is 3. The van der Waals surface area contributed by atoms with Crippen LogP contribution in [-0.4, -0.2) is 29.1 Å². The molecule has 0 atom stereocenters. The van der Waals surface area contributed by atoms with Gasteiger partial charge in [-0.2, -0.15) is 9.55 Å². The molecule has 3 N–H and O–H groups in total. The van der Waals surface area contributed by atoms with E-state index in [1.54, 1.807) is 18.2 Å². The zero-order chi connectivity index (χ0) is 27.1. The minimum atomic E-state index is -4.79. The average Bonchev–Trinajstić information content (AvgIpc) is 3.35. The van der Waals surface area contributed by atoms with E-state index < -0.39 is 12.4 Å². The minimum Gasteiger partial charge on any atom is -0.490 e. The van der Waals surface area contributed by atoms with E-state index >= 15 is 0 Å². The van der Waals surface area contributed by atoms with Crippen molar-refractivity contribution >= 4 is 11.8 Å². The highest BCUT2D eigenvalue weighted by molar-refractivity contribution is 5.69. The number of hydrogen-bond acceptors (Lipinski definition) is 8. The topological polar surface area (TPSA) is 126 Å². The van der Waals surface area contributed by atoms with Gasteiger partial charge in [0.1, 0.15) is 12.3 Å². The van der Waals surface area contributed by atoms with Crippen molar-refractivity contribution in [2.24, 2.45) is 0 Å². The summed E-state index contributed by atoms with van der Waals surface area (Å²) in [5.74, 6) is 1.31. The summed E-state index contributed by atoms with van der Waals surface area (Å²) in [6.45, 7) is 2.30.